The highest BCUT2D eigenvalue weighted by Crippen LogP contribution is 2.01. The lowest BCUT2D eigenvalue weighted by Crippen LogP contribution is -1.97. The lowest BCUT2D eigenvalue weighted by atomic mass is 10.7. The second kappa shape index (κ2) is 5.62. The zero-order chi connectivity index (χ0) is 9.72. The van der Waals surface area contributed by atoms with Crippen molar-refractivity contribution in [1.29, 1.82) is 0 Å². The van der Waals surface area contributed by atoms with Crippen LogP contribution in [0.5, 0.6) is 0 Å². The fraction of sp³-hybridized carbons (Fsp3) is 0.400. The maximum absolute atomic E-state index is 8.78. The molecular weight excluding hydrogens is 293 g/mol. The van der Waals surface area contributed by atoms with E-state index in [2.05, 4.69) is 32.7 Å². The summed E-state index contributed by atoms with van der Waals surface area (Å²) in [6.07, 6.45) is 2.00. The largest absolute Gasteiger partial charge is 0.760 e. The minimum atomic E-state index is -2.36. The molecule has 0 amide bonds. The van der Waals surface area contributed by atoms with Crippen molar-refractivity contribution in [3.63, 3.8) is 0 Å². The first kappa shape index (κ1) is 12.0. The molecule has 5 nitrogen and oxygen atoms in total. The lowest BCUT2D eigenvalue weighted by Gasteiger charge is -1.87. The van der Waals surface area contributed by atoms with Crippen molar-refractivity contribution in [2.45, 2.75) is 6.92 Å². The van der Waals surface area contributed by atoms with Gasteiger partial charge < -0.3 is 9.12 Å². The Hall–Kier alpha value is 0.01000. The second-order valence-corrected chi connectivity index (χ2v) is 3.61. The van der Waals surface area contributed by atoms with Gasteiger partial charge in [-0.15, -0.1) is 0 Å². The molecule has 7 heteroatoms. The summed E-state index contributed by atoms with van der Waals surface area (Å²) in [5.41, 5.74) is 0. The van der Waals surface area contributed by atoms with E-state index in [1.54, 1.807) is 0 Å². The highest BCUT2D eigenvalue weighted by molar-refractivity contribution is 14.1. The molecule has 0 aliphatic rings. The van der Waals surface area contributed by atoms with E-state index in [1.807, 2.05) is 24.7 Å². The number of imidazole rings is 1. The molecular formula is C5H9IN3O2S-. The van der Waals surface area contributed by atoms with E-state index in [4.69, 9.17) is 8.76 Å². The van der Waals surface area contributed by atoms with Crippen LogP contribution in [-0.2, 0) is 18.3 Å². The van der Waals surface area contributed by atoms with E-state index in [9.17, 15) is 0 Å². The summed E-state index contributed by atoms with van der Waals surface area (Å²) < 4.78 is 20.6. The van der Waals surface area contributed by atoms with Gasteiger partial charge in [-0.25, -0.2) is 4.98 Å². The zero-order valence-electron chi connectivity index (χ0n) is 6.65. The predicted molar refractivity (Wildman–Crippen MR) is 53.8 cm³/mol. The standard InChI is InChI=1S/C5H7IN2.H3NO2S/c1-4-7-5(6)3-8(4)2;1-4(2)3/h3H,1-2H3;1H2,(H,2,3)/p-1. The van der Waals surface area contributed by atoms with Crippen molar-refractivity contribution in [2.75, 3.05) is 0 Å². The number of nitrogens with zero attached hydrogens (tertiary/aromatic N) is 2. The summed E-state index contributed by atoms with van der Waals surface area (Å²) in [5.74, 6) is 1.06. The average molecular weight is 302 g/mol. The second-order valence-electron chi connectivity index (χ2n) is 1.98. The first-order valence-electron chi connectivity index (χ1n) is 2.92. The Morgan fingerprint density at radius 3 is 2.33 bits per heavy atom. The molecule has 70 valence electrons. The van der Waals surface area contributed by atoms with Crippen LogP contribution in [0.3, 0.4) is 0 Å². The molecule has 1 unspecified atom stereocenters. The molecule has 1 aromatic heterocycles. The summed E-state index contributed by atoms with van der Waals surface area (Å²) in [4.78, 5) is 4.16. The molecule has 0 fully saturated rings. The van der Waals surface area contributed by atoms with Crippen molar-refractivity contribution in [3.8, 4) is 0 Å². The molecule has 1 heterocycles. The summed E-state index contributed by atoms with van der Waals surface area (Å²) in [7, 11) is 1.99. The van der Waals surface area contributed by atoms with Crippen molar-refractivity contribution >= 4 is 33.9 Å². The van der Waals surface area contributed by atoms with Gasteiger partial charge in [0.1, 0.15) is 9.53 Å². The van der Waals surface area contributed by atoms with Crippen LogP contribution in [0, 0.1) is 10.6 Å². The molecule has 2 N–H and O–H groups in total. The van der Waals surface area contributed by atoms with E-state index in [1.165, 1.54) is 0 Å². The Morgan fingerprint density at radius 2 is 2.25 bits per heavy atom. The Kier molecular flexibility index (Phi) is 5.63. The number of aryl methyl sites for hydroxylation is 2. The smallest absolute Gasteiger partial charge is 0.119 e. The first-order chi connectivity index (χ1) is 5.43. The van der Waals surface area contributed by atoms with Gasteiger partial charge in [0.05, 0.1) is 0 Å². The number of hydrogen-bond acceptors (Lipinski definition) is 3. The molecule has 0 saturated heterocycles. The minimum absolute atomic E-state index is 1.06. The molecule has 1 aromatic rings. The number of nitrogens with two attached hydrogens (primary N) is 1. The van der Waals surface area contributed by atoms with Gasteiger partial charge in [-0.1, -0.05) is 0 Å². The summed E-state index contributed by atoms with van der Waals surface area (Å²) >= 11 is -0.167. The van der Waals surface area contributed by atoms with Gasteiger partial charge in [-0.05, 0) is 29.5 Å². The zero-order valence-corrected chi connectivity index (χ0v) is 9.63. The van der Waals surface area contributed by atoms with Crippen LogP contribution < -0.4 is 5.14 Å². The summed E-state index contributed by atoms with van der Waals surface area (Å²) in [6.45, 7) is 1.99. The average Bonchev–Trinajstić information content (AvgIpc) is 2.08. The maximum Gasteiger partial charge on any atom is 0.119 e. The number of aromatic nitrogens is 2. The Labute approximate surface area is 86.9 Å². The Balaban J connectivity index is 0.000000261. The van der Waals surface area contributed by atoms with E-state index in [0.717, 1.165) is 9.53 Å². The fourth-order valence-corrected chi connectivity index (χ4v) is 1.28. The van der Waals surface area contributed by atoms with Crippen LogP contribution in [0.4, 0.5) is 0 Å². The quantitative estimate of drug-likeness (QED) is 0.544. The van der Waals surface area contributed by atoms with E-state index >= 15 is 0 Å². The Bertz CT molecular complexity index is 252. The van der Waals surface area contributed by atoms with Gasteiger partial charge in [0.25, 0.3) is 0 Å². The van der Waals surface area contributed by atoms with Gasteiger partial charge in [-0.2, -0.15) is 0 Å². The van der Waals surface area contributed by atoms with Crippen molar-refractivity contribution in [2.24, 2.45) is 12.2 Å². The topological polar surface area (TPSA) is 84.0 Å². The fourth-order valence-electron chi connectivity index (χ4n) is 0.516. The lowest BCUT2D eigenvalue weighted by molar-refractivity contribution is 0.539. The highest BCUT2D eigenvalue weighted by Gasteiger charge is 1.93. The van der Waals surface area contributed by atoms with Crippen LogP contribution in [0.25, 0.3) is 0 Å². The third-order valence-corrected chi connectivity index (χ3v) is 1.60. The number of rotatable bonds is 0. The number of halogens is 1. The molecule has 0 radical (unpaired) electrons. The third-order valence-electron chi connectivity index (χ3n) is 1.08. The van der Waals surface area contributed by atoms with E-state index in [0.29, 0.717) is 0 Å². The van der Waals surface area contributed by atoms with Crippen LogP contribution in [0.15, 0.2) is 6.20 Å². The van der Waals surface area contributed by atoms with Crippen molar-refractivity contribution in [1.82, 2.24) is 9.55 Å². The third kappa shape index (κ3) is 5.63. The van der Waals surface area contributed by atoms with Crippen LogP contribution in [-0.4, -0.2) is 18.3 Å². The van der Waals surface area contributed by atoms with Crippen molar-refractivity contribution in [3.05, 3.63) is 15.7 Å². The molecule has 1 rings (SSSR count). The van der Waals surface area contributed by atoms with Crippen LogP contribution in [0.1, 0.15) is 5.82 Å². The molecule has 0 saturated carbocycles. The molecule has 0 aliphatic heterocycles. The highest BCUT2D eigenvalue weighted by atomic mass is 127. The van der Waals surface area contributed by atoms with Gasteiger partial charge in [0.2, 0.25) is 0 Å². The first-order valence-corrected chi connectivity index (χ1v) is 5.14. The molecule has 0 bridgehead atoms. The molecule has 0 spiro atoms. The van der Waals surface area contributed by atoms with E-state index in [-0.39, 0.29) is 0 Å². The predicted octanol–water partition coefficient (Wildman–Crippen LogP) is 0.0723. The Morgan fingerprint density at radius 1 is 1.83 bits per heavy atom. The van der Waals surface area contributed by atoms with Crippen LogP contribution in [0.2, 0.25) is 0 Å². The molecule has 1 atom stereocenters. The van der Waals surface area contributed by atoms with Gasteiger partial charge in [-0.3, -0.25) is 9.35 Å². The number of hydrogen-bond donors (Lipinski definition) is 1. The van der Waals surface area contributed by atoms with E-state index < -0.39 is 11.3 Å². The van der Waals surface area contributed by atoms with Gasteiger partial charge in [0, 0.05) is 24.5 Å². The molecule has 0 aliphatic carbocycles. The van der Waals surface area contributed by atoms with Crippen LogP contribution >= 0.6 is 22.6 Å². The van der Waals surface area contributed by atoms with Gasteiger partial charge in [0.15, 0.2) is 0 Å². The summed E-state index contributed by atoms with van der Waals surface area (Å²) in [6, 6.07) is 0. The maximum atomic E-state index is 8.78. The normalized spacial score (nSPS) is 11.8. The molecule has 0 aromatic carbocycles. The SMILES string of the molecule is Cc1nc(I)cn1C.NS(=O)[O-]. The minimum Gasteiger partial charge on any atom is -0.760 e. The molecule has 12 heavy (non-hydrogen) atoms. The monoisotopic (exact) mass is 302 g/mol. The van der Waals surface area contributed by atoms with Crippen molar-refractivity contribution < 1.29 is 8.76 Å². The van der Waals surface area contributed by atoms with Gasteiger partial charge >= 0.3 is 0 Å². The summed E-state index contributed by atoms with van der Waals surface area (Å²) in [5, 5.41) is 4.03.